The van der Waals surface area contributed by atoms with Gasteiger partial charge in [0.05, 0.1) is 11.4 Å². The average molecular weight is 371 g/mol. The van der Waals surface area contributed by atoms with E-state index in [1.54, 1.807) is 35.9 Å². The number of thiophene rings is 1. The molecule has 0 fully saturated rings. The summed E-state index contributed by atoms with van der Waals surface area (Å²) in [7, 11) is 0. The number of aromatic nitrogens is 3. The lowest BCUT2D eigenvalue weighted by Crippen LogP contribution is -2.03. The molecule has 0 bridgehead atoms. The van der Waals surface area contributed by atoms with Crippen LogP contribution in [-0.4, -0.2) is 20.9 Å². The lowest BCUT2D eigenvalue weighted by molar-refractivity contribution is 0.0470. The highest BCUT2D eigenvalue weighted by atomic mass is 32.1. The van der Waals surface area contributed by atoms with Crippen molar-refractivity contribution in [2.24, 2.45) is 0 Å². The molecule has 0 aliphatic heterocycles. The van der Waals surface area contributed by atoms with Gasteiger partial charge in [-0.15, -0.1) is 11.3 Å². The van der Waals surface area contributed by atoms with Crippen LogP contribution in [0.5, 0.6) is 0 Å². The summed E-state index contributed by atoms with van der Waals surface area (Å²) < 4.78 is 25.1. The van der Waals surface area contributed by atoms with Gasteiger partial charge in [0.15, 0.2) is 0 Å². The Hall–Kier alpha value is -3.00. The van der Waals surface area contributed by atoms with E-state index in [2.05, 4.69) is 10.3 Å². The van der Waals surface area contributed by atoms with Gasteiger partial charge in [-0.05, 0) is 44.2 Å². The Balaban J connectivity index is 1.61. The van der Waals surface area contributed by atoms with Crippen LogP contribution in [0.25, 0.3) is 15.9 Å². The molecule has 0 N–H and O–H groups in total. The van der Waals surface area contributed by atoms with Crippen molar-refractivity contribution in [3.8, 4) is 5.69 Å². The largest absolute Gasteiger partial charge is 0.455 e. The fourth-order valence-corrected chi connectivity index (χ4v) is 3.68. The van der Waals surface area contributed by atoms with Crippen molar-refractivity contribution in [1.29, 1.82) is 0 Å². The van der Waals surface area contributed by atoms with Crippen LogP contribution in [0.1, 0.15) is 26.8 Å². The Morgan fingerprint density at radius 1 is 1.27 bits per heavy atom. The van der Waals surface area contributed by atoms with Crippen molar-refractivity contribution < 1.29 is 18.4 Å². The number of carbonyl (C=O) groups excluding carboxylic acids is 1. The molecule has 0 atom stereocenters. The van der Waals surface area contributed by atoms with Crippen LogP contribution >= 0.6 is 11.3 Å². The average Bonchev–Trinajstić information content (AvgIpc) is 3.31. The van der Waals surface area contributed by atoms with Crippen LogP contribution in [0.15, 0.2) is 40.9 Å². The standard InChI is InChI=1S/C18H14FN3O3S/c1-10-7-13(21-25-10)9-24-18(23)16-8-15-11(2)20-22(17(15)26-16)14-5-3-12(19)4-6-14/h3-8H,9H2,1-2H3. The molecule has 0 saturated heterocycles. The van der Waals surface area contributed by atoms with Gasteiger partial charge in [0.1, 0.15) is 33.6 Å². The van der Waals surface area contributed by atoms with Gasteiger partial charge in [0.25, 0.3) is 0 Å². The Kier molecular flexibility index (Phi) is 4.04. The molecule has 0 saturated carbocycles. The van der Waals surface area contributed by atoms with Gasteiger partial charge in [-0.1, -0.05) is 5.16 Å². The quantitative estimate of drug-likeness (QED) is 0.503. The highest BCUT2D eigenvalue weighted by molar-refractivity contribution is 7.20. The van der Waals surface area contributed by atoms with E-state index in [1.807, 2.05) is 6.92 Å². The van der Waals surface area contributed by atoms with Gasteiger partial charge in [0, 0.05) is 11.5 Å². The van der Waals surface area contributed by atoms with Crippen LogP contribution in [0.3, 0.4) is 0 Å². The summed E-state index contributed by atoms with van der Waals surface area (Å²) in [5, 5.41) is 9.14. The maximum Gasteiger partial charge on any atom is 0.348 e. The maximum absolute atomic E-state index is 13.2. The number of carbonyl (C=O) groups is 1. The smallest absolute Gasteiger partial charge is 0.348 e. The molecule has 4 rings (SSSR count). The number of rotatable bonds is 4. The second kappa shape index (κ2) is 6.38. The monoisotopic (exact) mass is 371 g/mol. The normalized spacial score (nSPS) is 11.2. The van der Waals surface area contributed by atoms with Crippen molar-refractivity contribution in [3.63, 3.8) is 0 Å². The molecule has 0 unspecified atom stereocenters. The molecule has 132 valence electrons. The number of benzene rings is 1. The maximum atomic E-state index is 13.2. The first kappa shape index (κ1) is 16.5. The SMILES string of the molecule is Cc1cc(COC(=O)c2cc3c(C)nn(-c4ccc(F)cc4)c3s2)no1. The van der Waals surface area contributed by atoms with E-state index in [9.17, 15) is 9.18 Å². The zero-order valence-electron chi connectivity index (χ0n) is 14.0. The molecular formula is C18H14FN3O3S. The van der Waals surface area contributed by atoms with E-state index in [1.165, 1.54) is 23.5 Å². The number of nitrogens with zero attached hydrogens (tertiary/aromatic N) is 3. The van der Waals surface area contributed by atoms with Gasteiger partial charge in [-0.2, -0.15) is 5.10 Å². The number of aryl methyl sites for hydroxylation is 2. The predicted molar refractivity (Wildman–Crippen MR) is 94.0 cm³/mol. The van der Waals surface area contributed by atoms with E-state index in [0.29, 0.717) is 16.3 Å². The molecule has 3 aromatic heterocycles. The van der Waals surface area contributed by atoms with Crippen molar-refractivity contribution in [2.45, 2.75) is 20.5 Å². The molecule has 1 aromatic carbocycles. The van der Waals surface area contributed by atoms with E-state index in [4.69, 9.17) is 9.26 Å². The minimum Gasteiger partial charge on any atom is -0.455 e. The van der Waals surface area contributed by atoms with Crippen molar-refractivity contribution in [1.82, 2.24) is 14.9 Å². The first-order chi connectivity index (χ1) is 12.5. The molecule has 4 aromatic rings. The van der Waals surface area contributed by atoms with E-state index in [-0.39, 0.29) is 12.4 Å². The third kappa shape index (κ3) is 2.99. The number of halogens is 1. The molecular weight excluding hydrogens is 357 g/mol. The highest BCUT2D eigenvalue weighted by Gasteiger charge is 2.18. The third-order valence-electron chi connectivity index (χ3n) is 3.84. The highest BCUT2D eigenvalue weighted by Crippen LogP contribution is 2.31. The zero-order chi connectivity index (χ0) is 18.3. The van der Waals surface area contributed by atoms with E-state index >= 15 is 0 Å². The Morgan fingerprint density at radius 3 is 2.73 bits per heavy atom. The number of fused-ring (bicyclic) bond motifs is 1. The lowest BCUT2D eigenvalue weighted by Gasteiger charge is -2.02. The summed E-state index contributed by atoms with van der Waals surface area (Å²) in [6, 6.07) is 9.52. The Bertz CT molecular complexity index is 1090. The van der Waals surface area contributed by atoms with Gasteiger partial charge in [-0.3, -0.25) is 0 Å². The summed E-state index contributed by atoms with van der Waals surface area (Å²) >= 11 is 1.28. The fourth-order valence-electron chi connectivity index (χ4n) is 2.60. The summed E-state index contributed by atoms with van der Waals surface area (Å²) in [6.07, 6.45) is 0. The van der Waals surface area contributed by atoms with Crippen LogP contribution in [0.2, 0.25) is 0 Å². The molecule has 8 heteroatoms. The predicted octanol–water partition coefficient (Wildman–Crippen LogP) is 4.19. The fraction of sp³-hybridized carbons (Fsp3) is 0.167. The minimum absolute atomic E-state index is 0.0491. The Labute approximate surface area is 151 Å². The first-order valence-corrected chi connectivity index (χ1v) is 8.67. The number of ether oxygens (including phenoxy) is 1. The van der Waals surface area contributed by atoms with E-state index in [0.717, 1.165) is 21.6 Å². The van der Waals surface area contributed by atoms with Gasteiger partial charge < -0.3 is 9.26 Å². The second-order valence-electron chi connectivity index (χ2n) is 5.81. The topological polar surface area (TPSA) is 70.2 Å². The van der Waals surface area contributed by atoms with E-state index < -0.39 is 5.97 Å². The Morgan fingerprint density at radius 2 is 2.04 bits per heavy atom. The van der Waals surface area contributed by atoms with Gasteiger partial charge in [0.2, 0.25) is 0 Å². The minimum atomic E-state index is -0.433. The third-order valence-corrected chi connectivity index (χ3v) is 4.94. The zero-order valence-corrected chi connectivity index (χ0v) is 14.8. The van der Waals surface area contributed by atoms with Crippen LogP contribution in [0, 0.1) is 19.7 Å². The number of hydrogen-bond acceptors (Lipinski definition) is 6. The van der Waals surface area contributed by atoms with Gasteiger partial charge in [-0.25, -0.2) is 13.9 Å². The molecule has 0 spiro atoms. The molecule has 3 heterocycles. The molecule has 6 nitrogen and oxygen atoms in total. The summed E-state index contributed by atoms with van der Waals surface area (Å²) in [5.41, 5.74) is 2.07. The summed E-state index contributed by atoms with van der Waals surface area (Å²) in [6.45, 7) is 3.68. The molecule has 0 aliphatic carbocycles. The van der Waals surface area contributed by atoms with Crippen molar-refractivity contribution in [3.05, 3.63) is 64.2 Å². The van der Waals surface area contributed by atoms with Gasteiger partial charge >= 0.3 is 5.97 Å². The molecule has 0 radical (unpaired) electrons. The second-order valence-corrected chi connectivity index (χ2v) is 6.84. The van der Waals surface area contributed by atoms with Crippen LogP contribution in [0.4, 0.5) is 4.39 Å². The lowest BCUT2D eigenvalue weighted by atomic mass is 10.3. The van der Waals surface area contributed by atoms with Crippen molar-refractivity contribution in [2.75, 3.05) is 0 Å². The number of hydrogen-bond donors (Lipinski definition) is 0. The molecule has 0 amide bonds. The summed E-state index contributed by atoms with van der Waals surface area (Å²) in [4.78, 5) is 13.6. The van der Waals surface area contributed by atoms with Crippen molar-refractivity contribution >= 4 is 27.5 Å². The van der Waals surface area contributed by atoms with Crippen LogP contribution < -0.4 is 0 Å². The molecule has 0 aliphatic rings. The molecule has 26 heavy (non-hydrogen) atoms. The first-order valence-electron chi connectivity index (χ1n) is 7.85. The van der Waals surface area contributed by atoms with Crippen LogP contribution in [-0.2, 0) is 11.3 Å². The summed E-state index contributed by atoms with van der Waals surface area (Å²) in [5.74, 6) is -0.0859. The number of esters is 1.